The van der Waals surface area contributed by atoms with Crippen molar-refractivity contribution in [3.63, 3.8) is 0 Å². The number of nitrogens with two attached hydrogens (primary N) is 1. The van der Waals surface area contributed by atoms with E-state index in [1.165, 1.54) is 0 Å². The zero-order valence-electron chi connectivity index (χ0n) is 5.87. The highest BCUT2D eigenvalue weighted by atomic mass is 16.7. The Kier molecular flexibility index (Phi) is 2.24. The lowest BCUT2D eigenvalue weighted by Crippen LogP contribution is -2.28. The first-order valence-electron chi connectivity index (χ1n) is 3.21. The Balaban J connectivity index is 2.35. The normalized spacial score (nSPS) is 32.5. The molecule has 0 aromatic heterocycles. The molecule has 10 heavy (non-hydrogen) atoms. The van der Waals surface area contributed by atoms with Gasteiger partial charge in [-0.2, -0.15) is 0 Å². The van der Waals surface area contributed by atoms with Gasteiger partial charge in [-0.25, -0.2) is 0 Å². The van der Waals surface area contributed by atoms with Gasteiger partial charge in [0.15, 0.2) is 6.29 Å². The van der Waals surface area contributed by atoms with Crippen LogP contribution in [0.15, 0.2) is 0 Å². The Morgan fingerprint density at radius 1 is 1.70 bits per heavy atom. The molecule has 0 radical (unpaired) electrons. The molecule has 0 aliphatic carbocycles. The Hall–Kier alpha value is -0.610. The summed E-state index contributed by atoms with van der Waals surface area (Å²) < 4.78 is 9.94. The first-order chi connectivity index (χ1) is 4.74. The third kappa shape index (κ3) is 1.46. The molecule has 2 atom stereocenters. The topological polar surface area (TPSA) is 61.5 Å². The molecule has 0 aromatic rings. The molecule has 1 aliphatic rings. The van der Waals surface area contributed by atoms with Crippen molar-refractivity contribution in [3.8, 4) is 0 Å². The van der Waals surface area contributed by atoms with Crippen LogP contribution in [0.5, 0.6) is 0 Å². The van der Waals surface area contributed by atoms with Crippen LogP contribution < -0.4 is 5.73 Å². The second-order valence-electron chi connectivity index (χ2n) is 2.27. The van der Waals surface area contributed by atoms with Crippen molar-refractivity contribution in [2.24, 2.45) is 5.73 Å². The zero-order valence-corrected chi connectivity index (χ0v) is 5.87. The van der Waals surface area contributed by atoms with E-state index in [1.54, 1.807) is 7.11 Å². The number of primary amides is 1. The Labute approximate surface area is 59.3 Å². The van der Waals surface area contributed by atoms with Crippen LogP contribution in [0.2, 0.25) is 0 Å². The SMILES string of the molecule is COC1CCC(C(N)=O)O1. The van der Waals surface area contributed by atoms with Crippen molar-refractivity contribution in [3.05, 3.63) is 0 Å². The molecule has 4 nitrogen and oxygen atoms in total. The Bertz CT molecular complexity index is 137. The molecule has 2 N–H and O–H groups in total. The van der Waals surface area contributed by atoms with Crippen LogP contribution in [0.1, 0.15) is 12.8 Å². The minimum absolute atomic E-state index is 0.238. The van der Waals surface area contributed by atoms with Gasteiger partial charge in [0.25, 0.3) is 0 Å². The van der Waals surface area contributed by atoms with Gasteiger partial charge in [-0.05, 0) is 6.42 Å². The van der Waals surface area contributed by atoms with Gasteiger partial charge in [-0.15, -0.1) is 0 Å². The monoisotopic (exact) mass is 145 g/mol. The number of rotatable bonds is 2. The van der Waals surface area contributed by atoms with Gasteiger partial charge < -0.3 is 15.2 Å². The summed E-state index contributed by atoms with van der Waals surface area (Å²) in [4.78, 5) is 10.5. The smallest absolute Gasteiger partial charge is 0.246 e. The molecule has 2 unspecified atom stereocenters. The van der Waals surface area contributed by atoms with Crippen LogP contribution in [0, 0.1) is 0 Å². The fourth-order valence-corrected chi connectivity index (χ4v) is 0.989. The van der Waals surface area contributed by atoms with Crippen molar-refractivity contribution in [1.82, 2.24) is 0 Å². The van der Waals surface area contributed by atoms with Crippen LogP contribution in [0.4, 0.5) is 0 Å². The van der Waals surface area contributed by atoms with E-state index in [2.05, 4.69) is 0 Å². The molecular weight excluding hydrogens is 134 g/mol. The van der Waals surface area contributed by atoms with E-state index >= 15 is 0 Å². The molecule has 4 heteroatoms. The number of ether oxygens (including phenoxy) is 2. The number of carbonyl (C=O) groups is 1. The fourth-order valence-electron chi connectivity index (χ4n) is 0.989. The summed E-state index contributed by atoms with van der Waals surface area (Å²) in [6.45, 7) is 0. The van der Waals surface area contributed by atoms with Gasteiger partial charge in [0, 0.05) is 13.5 Å². The standard InChI is InChI=1S/C6H11NO3/c1-9-5-3-2-4(10-5)6(7)8/h4-5H,2-3H2,1H3,(H2,7,8). The summed E-state index contributed by atoms with van der Waals surface area (Å²) in [7, 11) is 1.55. The van der Waals surface area contributed by atoms with Crippen molar-refractivity contribution >= 4 is 5.91 Å². The molecule has 1 heterocycles. The summed E-state index contributed by atoms with van der Waals surface area (Å²) in [6.07, 6.45) is 0.750. The van der Waals surface area contributed by atoms with Gasteiger partial charge in [0.1, 0.15) is 6.10 Å². The number of hydrogen-bond donors (Lipinski definition) is 1. The van der Waals surface area contributed by atoms with Gasteiger partial charge in [-0.1, -0.05) is 0 Å². The Morgan fingerprint density at radius 3 is 2.70 bits per heavy atom. The van der Waals surface area contributed by atoms with Crippen LogP contribution in [0.3, 0.4) is 0 Å². The third-order valence-electron chi connectivity index (χ3n) is 1.56. The predicted molar refractivity (Wildman–Crippen MR) is 34.1 cm³/mol. The van der Waals surface area contributed by atoms with E-state index in [1.807, 2.05) is 0 Å². The number of carbonyl (C=O) groups excluding carboxylic acids is 1. The van der Waals surface area contributed by atoms with E-state index in [0.717, 1.165) is 6.42 Å². The lowest BCUT2D eigenvalue weighted by molar-refractivity contribution is -0.145. The van der Waals surface area contributed by atoms with Crippen molar-refractivity contribution in [2.45, 2.75) is 25.2 Å². The van der Waals surface area contributed by atoms with Crippen molar-refractivity contribution < 1.29 is 14.3 Å². The first-order valence-corrected chi connectivity index (χ1v) is 3.21. The minimum Gasteiger partial charge on any atom is -0.367 e. The van der Waals surface area contributed by atoms with Gasteiger partial charge >= 0.3 is 0 Å². The van der Waals surface area contributed by atoms with Gasteiger partial charge in [-0.3, -0.25) is 4.79 Å². The molecule has 1 rings (SSSR count). The average Bonchev–Trinajstić information content (AvgIpc) is 2.34. The van der Waals surface area contributed by atoms with Crippen LogP contribution in [-0.2, 0) is 14.3 Å². The summed E-state index contributed by atoms with van der Waals surface area (Å²) >= 11 is 0. The number of hydrogen-bond acceptors (Lipinski definition) is 3. The number of amides is 1. The largest absolute Gasteiger partial charge is 0.367 e. The maximum absolute atomic E-state index is 10.5. The predicted octanol–water partition coefficient (Wildman–Crippen LogP) is -0.377. The Morgan fingerprint density at radius 2 is 2.40 bits per heavy atom. The molecule has 0 saturated carbocycles. The van der Waals surface area contributed by atoms with Gasteiger partial charge in [0.05, 0.1) is 0 Å². The average molecular weight is 145 g/mol. The van der Waals surface area contributed by atoms with Gasteiger partial charge in [0.2, 0.25) is 5.91 Å². The van der Waals surface area contributed by atoms with E-state index in [-0.39, 0.29) is 6.29 Å². The second-order valence-corrected chi connectivity index (χ2v) is 2.27. The molecule has 0 aromatic carbocycles. The third-order valence-corrected chi connectivity index (χ3v) is 1.56. The maximum atomic E-state index is 10.5. The molecule has 0 spiro atoms. The first kappa shape index (κ1) is 7.50. The highest BCUT2D eigenvalue weighted by Crippen LogP contribution is 2.19. The maximum Gasteiger partial charge on any atom is 0.246 e. The minimum atomic E-state index is -0.440. The highest BCUT2D eigenvalue weighted by Gasteiger charge is 2.28. The summed E-state index contributed by atoms with van der Waals surface area (Å²) in [5.74, 6) is -0.403. The van der Waals surface area contributed by atoms with E-state index in [4.69, 9.17) is 15.2 Å². The van der Waals surface area contributed by atoms with Crippen LogP contribution in [0.25, 0.3) is 0 Å². The zero-order chi connectivity index (χ0) is 7.56. The van der Waals surface area contributed by atoms with Crippen molar-refractivity contribution in [2.75, 3.05) is 7.11 Å². The van der Waals surface area contributed by atoms with E-state index in [9.17, 15) is 4.79 Å². The molecule has 1 aliphatic heterocycles. The number of methoxy groups -OCH3 is 1. The second kappa shape index (κ2) is 2.98. The molecular formula is C6H11NO3. The van der Waals surface area contributed by atoms with Crippen LogP contribution >= 0.6 is 0 Å². The fraction of sp³-hybridized carbons (Fsp3) is 0.833. The highest BCUT2D eigenvalue weighted by molar-refractivity contribution is 5.79. The molecule has 0 bridgehead atoms. The summed E-state index contributed by atoms with van der Waals surface area (Å²) in [5, 5.41) is 0. The van der Waals surface area contributed by atoms with Crippen LogP contribution in [-0.4, -0.2) is 25.4 Å². The lowest BCUT2D eigenvalue weighted by Gasteiger charge is -2.08. The molecule has 58 valence electrons. The molecule has 1 amide bonds. The lowest BCUT2D eigenvalue weighted by atomic mass is 10.2. The summed E-state index contributed by atoms with van der Waals surface area (Å²) in [5.41, 5.74) is 5.00. The molecule has 1 saturated heterocycles. The van der Waals surface area contributed by atoms with E-state index in [0.29, 0.717) is 6.42 Å². The quantitative estimate of drug-likeness (QED) is 0.576. The molecule has 1 fully saturated rings. The summed E-state index contributed by atoms with van der Waals surface area (Å²) in [6, 6.07) is 0. The van der Waals surface area contributed by atoms with Crippen molar-refractivity contribution in [1.29, 1.82) is 0 Å². The van der Waals surface area contributed by atoms with E-state index < -0.39 is 12.0 Å².